The van der Waals surface area contributed by atoms with Crippen LogP contribution in [0.1, 0.15) is 41.8 Å². The Bertz CT molecular complexity index is 804. The van der Waals surface area contributed by atoms with Gasteiger partial charge in [-0.3, -0.25) is 4.79 Å². The molecule has 0 aromatic heterocycles. The zero-order valence-electron chi connectivity index (χ0n) is 15.2. The van der Waals surface area contributed by atoms with Gasteiger partial charge < -0.3 is 20.1 Å². The second-order valence-corrected chi connectivity index (χ2v) is 6.52. The van der Waals surface area contributed by atoms with Gasteiger partial charge in [0.2, 0.25) is 0 Å². The number of hydrogen-bond donors (Lipinski definition) is 3. The molecule has 0 aliphatic carbocycles. The summed E-state index contributed by atoms with van der Waals surface area (Å²) < 4.78 is 5.17. The Morgan fingerprint density at radius 3 is 2.38 bits per heavy atom. The first-order chi connectivity index (χ1) is 12.3. The quantitative estimate of drug-likeness (QED) is 0.509. The number of aromatic hydroxyl groups is 3. The Hall–Kier alpha value is -2.95. The number of rotatable bonds is 7. The van der Waals surface area contributed by atoms with E-state index in [9.17, 15) is 20.1 Å². The fourth-order valence-electron chi connectivity index (χ4n) is 2.59. The zero-order valence-corrected chi connectivity index (χ0v) is 15.2. The molecule has 2 rings (SSSR count). The first kappa shape index (κ1) is 19.4. The summed E-state index contributed by atoms with van der Waals surface area (Å²) >= 11 is 0. The van der Waals surface area contributed by atoms with Crippen LogP contribution in [-0.4, -0.2) is 28.2 Å². The summed E-state index contributed by atoms with van der Waals surface area (Å²) in [6, 6.07) is 7.73. The predicted octanol–water partition coefficient (Wildman–Crippen LogP) is 4.30. The van der Waals surface area contributed by atoms with E-state index >= 15 is 0 Å². The van der Waals surface area contributed by atoms with Crippen molar-refractivity contribution in [1.82, 2.24) is 0 Å². The number of carbonyl (C=O) groups is 1. The van der Waals surface area contributed by atoms with Crippen molar-refractivity contribution in [3.63, 3.8) is 0 Å². The van der Waals surface area contributed by atoms with Gasteiger partial charge in [0.15, 0.2) is 5.78 Å². The molecule has 0 saturated carbocycles. The van der Waals surface area contributed by atoms with E-state index in [4.69, 9.17) is 4.74 Å². The summed E-state index contributed by atoms with van der Waals surface area (Å²) in [5.41, 5.74) is 1.10. The normalized spacial score (nSPS) is 11.2. The highest BCUT2D eigenvalue weighted by Gasteiger charge is 2.22. The topological polar surface area (TPSA) is 87.0 Å². The minimum absolute atomic E-state index is 0.0269. The molecule has 0 bridgehead atoms. The van der Waals surface area contributed by atoms with E-state index in [-0.39, 0.29) is 28.6 Å². The fourth-order valence-corrected chi connectivity index (χ4v) is 2.59. The van der Waals surface area contributed by atoms with E-state index in [1.807, 2.05) is 13.8 Å². The Balaban J connectivity index is 2.37. The van der Waals surface area contributed by atoms with Gasteiger partial charge >= 0.3 is 0 Å². The van der Waals surface area contributed by atoms with Crippen LogP contribution in [0, 0.1) is 5.92 Å². The summed E-state index contributed by atoms with van der Waals surface area (Å²) in [6.07, 6.45) is 4.14. The molecule has 26 heavy (non-hydrogen) atoms. The molecule has 0 heterocycles. The molecule has 0 amide bonds. The van der Waals surface area contributed by atoms with E-state index in [0.717, 1.165) is 12.0 Å². The number of allylic oxidation sites excluding steroid dienone is 1. The van der Waals surface area contributed by atoms with Gasteiger partial charge in [0.25, 0.3) is 0 Å². The van der Waals surface area contributed by atoms with Crippen LogP contribution in [0.25, 0.3) is 6.08 Å². The molecule has 0 saturated heterocycles. The molecular weight excluding hydrogens is 332 g/mol. The van der Waals surface area contributed by atoms with Crippen LogP contribution in [0.15, 0.2) is 36.4 Å². The molecule has 5 heteroatoms. The van der Waals surface area contributed by atoms with Gasteiger partial charge in [-0.2, -0.15) is 0 Å². The minimum atomic E-state index is -0.432. The number of carbonyl (C=O) groups excluding carboxylic acids is 1. The molecule has 3 N–H and O–H groups in total. The van der Waals surface area contributed by atoms with Gasteiger partial charge in [-0.15, -0.1) is 0 Å². The van der Waals surface area contributed by atoms with Crippen molar-refractivity contribution >= 4 is 11.9 Å². The summed E-state index contributed by atoms with van der Waals surface area (Å²) in [5, 5.41) is 30.0. The lowest BCUT2D eigenvalue weighted by atomic mass is 9.96. The molecule has 0 aliphatic heterocycles. The van der Waals surface area contributed by atoms with E-state index in [0.29, 0.717) is 17.9 Å². The molecule has 5 nitrogen and oxygen atoms in total. The zero-order chi connectivity index (χ0) is 19.3. The van der Waals surface area contributed by atoms with Gasteiger partial charge in [0, 0.05) is 11.6 Å². The highest BCUT2D eigenvalue weighted by molar-refractivity contribution is 6.11. The molecular formula is C21H24O5. The standard InChI is InChI=1S/C21H24O5/c1-13(2)4-10-16-18(24)12-19(26-3)20(21(16)25)17(23)11-7-14-5-8-15(22)9-6-14/h5-9,11-13,22,24-25H,4,10H2,1-3H3/b11-7+. The first-order valence-corrected chi connectivity index (χ1v) is 8.46. The van der Waals surface area contributed by atoms with Gasteiger partial charge in [-0.25, -0.2) is 0 Å². The Labute approximate surface area is 153 Å². The maximum absolute atomic E-state index is 12.6. The van der Waals surface area contributed by atoms with Crippen molar-refractivity contribution in [2.45, 2.75) is 26.7 Å². The van der Waals surface area contributed by atoms with Crippen molar-refractivity contribution in [1.29, 1.82) is 0 Å². The van der Waals surface area contributed by atoms with E-state index < -0.39 is 5.78 Å². The largest absolute Gasteiger partial charge is 0.508 e. The fraction of sp³-hybridized carbons (Fsp3) is 0.286. The van der Waals surface area contributed by atoms with Gasteiger partial charge in [0.1, 0.15) is 28.6 Å². The van der Waals surface area contributed by atoms with Crippen molar-refractivity contribution in [3.05, 3.63) is 53.1 Å². The number of ether oxygens (including phenoxy) is 1. The second-order valence-electron chi connectivity index (χ2n) is 6.52. The SMILES string of the molecule is COc1cc(O)c(CCC(C)C)c(O)c1C(=O)/C=C/c1ccc(O)cc1. The summed E-state index contributed by atoms with van der Waals surface area (Å²) in [4.78, 5) is 12.6. The number of benzene rings is 2. The smallest absolute Gasteiger partial charge is 0.193 e. The van der Waals surface area contributed by atoms with Gasteiger partial charge in [-0.05, 0) is 42.5 Å². The molecule has 138 valence electrons. The predicted molar refractivity (Wildman–Crippen MR) is 101 cm³/mol. The van der Waals surface area contributed by atoms with Crippen LogP contribution in [0.2, 0.25) is 0 Å². The lowest BCUT2D eigenvalue weighted by molar-refractivity contribution is 0.104. The van der Waals surface area contributed by atoms with Crippen LogP contribution in [-0.2, 0) is 6.42 Å². The minimum Gasteiger partial charge on any atom is -0.508 e. The number of hydrogen-bond acceptors (Lipinski definition) is 5. The van der Waals surface area contributed by atoms with Crippen molar-refractivity contribution < 1.29 is 24.9 Å². The summed E-state index contributed by atoms with van der Waals surface area (Å²) in [5.74, 6) is -0.112. The van der Waals surface area contributed by atoms with E-state index in [1.165, 1.54) is 31.4 Å². The summed E-state index contributed by atoms with van der Waals surface area (Å²) in [6.45, 7) is 4.09. The molecule has 0 aliphatic rings. The number of methoxy groups -OCH3 is 1. The average Bonchev–Trinajstić information content (AvgIpc) is 2.60. The monoisotopic (exact) mass is 356 g/mol. The van der Waals surface area contributed by atoms with Crippen LogP contribution >= 0.6 is 0 Å². The lowest BCUT2D eigenvalue weighted by Crippen LogP contribution is -2.03. The molecule has 2 aromatic rings. The molecule has 0 fully saturated rings. The second kappa shape index (κ2) is 8.43. The maximum Gasteiger partial charge on any atom is 0.193 e. The Morgan fingerprint density at radius 2 is 1.81 bits per heavy atom. The third-order valence-electron chi connectivity index (χ3n) is 4.10. The highest BCUT2D eigenvalue weighted by atomic mass is 16.5. The van der Waals surface area contributed by atoms with Gasteiger partial charge in [0.05, 0.1) is 7.11 Å². The van der Waals surface area contributed by atoms with Gasteiger partial charge in [-0.1, -0.05) is 32.1 Å². The van der Waals surface area contributed by atoms with Crippen LogP contribution in [0.3, 0.4) is 0 Å². The molecule has 2 aromatic carbocycles. The average molecular weight is 356 g/mol. The van der Waals surface area contributed by atoms with Crippen molar-refractivity contribution in [2.75, 3.05) is 7.11 Å². The molecule has 0 radical (unpaired) electrons. The molecule has 0 unspecified atom stereocenters. The van der Waals surface area contributed by atoms with E-state index in [1.54, 1.807) is 18.2 Å². The lowest BCUT2D eigenvalue weighted by Gasteiger charge is -2.15. The number of ketones is 1. The molecule has 0 spiro atoms. The maximum atomic E-state index is 12.6. The van der Waals surface area contributed by atoms with Crippen molar-refractivity contribution in [2.24, 2.45) is 5.92 Å². The first-order valence-electron chi connectivity index (χ1n) is 8.46. The van der Waals surface area contributed by atoms with Crippen LogP contribution < -0.4 is 4.74 Å². The molecule has 0 atom stereocenters. The third kappa shape index (κ3) is 4.57. The van der Waals surface area contributed by atoms with Crippen molar-refractivity contribution in [3.8, 4) is 23.0 Å². The third-order valence-corrected chi connectivity index (χ3v) is 4.10. The number of phenols is 3. The Kier molecular flexibility index (Phi) is 6.28. The number of phenolic OH excluding ortho intramolecular Hbond substituents is 3. The van der Waals surface area contributed by atoms with Crippen LogP contribution in [0.5, 0.6) is 23.0 Å². The Morgan fingerprint density at radius 1 is 1.15 bits per heavy atom. The van der Waals surface area contributed by atoms with Crippen LogP contribution in [0.4, 0.5) is 0 Å². The summed E-state index contributed by atoms with van der Waals surface area (Å²) in [7, 11) is 1.38. The highest BCUT2D eigenvalue weighted by Crippen LogP contribution is 2.39. The van der Waals surface area contributed by atoms with E-state index in [2.05, 4.69) is 0 Å².